The minimum Gasteiger partial charge on any atom is -0.488 e. The van der Waals surface area contributed by atoms with Crippen molar-refractivity contribution in [2.75, 3.05) is 32.7 Å². The second-order valence-corrected chi connectivity index (χ2v) is 13.6. The highest BCUT2D eigenvalue weighted by Crippen LogP contribution is 2.36. The lowest BCUT2D eigenvalue weighted by molar-refractivity contribution is 0.214. The van der Waals surface area contributed by atoms with Gasteiger partial charge in [0.1, 0.15) is 36.3 Å². The third kappa shape index (κ3) is 8.08. The summed E-state index contributed by atoms with van der Waals surface area (Å²) in [6.07, 6.45) is 10.3. The number of aromatic nitrogens is 2. The molecule has 3 aromatic carbocycles. The molecule has 0 N–H and O–H groups in total. The first kappa shape index (κ1) is 33.1. The second kappa shape index (κ2) is 15.4. The monoisotopic (exact) mass is 675 g/mol. The molecule has 2 fully saturated rings. The molecule has 4 heterocycles. The number of pyridine rings is 1. The van der Waals surface area contributed by atoms with E-state index in [4.69, 9.17) is 30.5 Å². The Morgan fingerprint density at radius 3 is 2.49 bits per heavy atom. The highest BCUT2D eigenvalue weighted by Gasteiger charge is 2.18. The summed E-state index contributed by atoms with van der Waals surface area (Å²) in [6.45, 7) is 8.97. The van der Waals surface area contributed by atoms with Gasteiger partial charge in [0, 0.05) is 49.1 Å². The van der Waals surface area contributed by atoms with Crippen LogP contribution in [0, 0.1) is 18.3 Å². The molecule has 9 heteroatoms. The number of rotatable bonds is 12. The molecule has 2 aromatic heterocycles. The van der Waals surface area contributed by atoms with E-state index in [1.54, 1.807) is 18.5 Å². The zero-order chi connectivity index (χ0) is 33.6. The molecule has 0 saturated carbocycles. The number of fused-ring (bicyclic) bond motifs is 1. The van der Waals surface area contributed by atoms with Crippen LogP contribution < -0.4 is 9.47 Å². The van der Waals surface area contributed by atoms with Crippen LogP contribution in [-0.4, -0.2) is 52.5 Å². The molecule has 0 bridgehead atoms. The van der Waals surface area contributed by atoms with Crippen LogP contribution in [0.4, 0.5) is 0 Å². The van der Waals surface area contributed by atoms with Crippen molar-refractivity contribution < 1.29 is 13.9 Å². The Balaban J connectivity index is 1.08. The van der Waals surface area contributed by atoms with Gasteiger partial charge < -0.3 is 18.8 Å². The van der Waals surface area contributed by atoms with E-state index in [0.29, 0.717) is 22.9 Å². The first-order chi connectivity index (χ1) is 24.0. The summed E-state index contributed by atoms with van der Waals surface area (Å²) in [5.41, 5.74) is 8.49. The van der Waals surface area contributed by atoms with Crippen LogP contribution in [0.2, 0.25) is 5.02 Å². The van der Waals surface area contributed by atoms with Gasteiger partial charge in [-0.05, 0) is 105 Å². The first-order valence-electron chi connectivity index (χ1n) is 17.4. The van der Waals surface area contributed by atoms with Crippen molar-refractivity contribution in [3.05, 3.63) is 106 Å². The molecule has 2 aliphatic rings. The molecular formula is C40H42ClN5O3. The molecule has 8 nitrogen and oxygen atoms in total. The fourth-order valence-corrected chi connectivity index (χ4v) is 7.15. The van der Waals surface area contributed by atoms with Crippen molar-refractivity contribution in [2.45, 2.75) is 65.2 Å². The number of hydrogen-bond acceptors (Lipinski definition) is 8. The maximum absolute atomic E-state index is 9.31. The molecule has 0 radical (unpaired) electrons. The number of halogens is 1. The smallest absolute Gasteiger partial charge is 0.196 e. The topological polar surface area (TPSA) is 87.7 Å². The summed E-state index contributed by atoms with van der Waals surface area (Å²) in [4.78, 5) is 13.9. The number of ether oxygens (including phenoxy) is 2. The van der Waals surface area contributed by atoms with E-state index in [2.05, 4.69) is 58.1 Å². The highest BCUT2D eigenvalue weighted by atomic mass is 35.5. The molecule has 7 rings (SSSR count). The van der Waals surface area contributed by atoms with Gasteiger partial charge in [-0.15, -0.1) is 0 Å². The lowest BCUT2D eigenvalue weighted by Gasteiger charge is -2.27. The molecule has 0 unspecified atom stereocenters. The van der Waals surface area contributed by atoms with Gasteiger partial charge in [0.25, 0.3) is 0 Å². The number of hydrogen-bond donors (Lipinski definition) is 0. The Bertz CT molecular complexity index is 1960. The molecule has 49 heavy (non-hydrogen) atoms. The van der Waals surface area contributed by atoms with Crippen LogP contribution in [0.5, 0.6) is 11.5 Å². The molecule has 5 aromatic rings. The van der Waals surface area contributed by atoms with Crippen molar-refractivity contribution >= 4 is 22.7 Å². The summed E-state index contributed by atoms with van der Waals surface area (Å²) in [6, 6.07) is 20.4. The Kier molecular flexibility index (Phi) is 10.4. The standard InChI is InChI=1S/C40H42ClN5O3/c1-28-32(8-7-9-34(28)31-10-11-37-36(20-31)44-40(49-37)12-17-45-13-5-6-14-45)27-48-39-21-38(47-26-30-18-29(22-42)23-43-24-30)33(19-35(39)41)25-46-15-3-2-4-16-46/h7-11,18-21,23-24H,2-6,12-17,25-27H2,1H3. The fraction of sp³-hybridized carbons (Fsp3) is 0.375. The molecule has 0 spiro atoms. The molecule has 252 valence electrons. The number of nitriles is 1. The number of nitrogens with zero attached hydrogens (tertiary/aromatic N) is 5. The van der Waals surface area contributed by atoms with Crippen LogP contribution in [-0.2, 0) is 26.2 Å². The van der Waals surface area contributed by atoms with Crippen LogP contribution in [0.25, 0.3) is 22.2 Å². The minimum atomic E-state index is 0.285. The molecule has 2 aliphatic heterocycles. The van der Waals surface area contributed by atoms with Gasteiger partial charge in [0.05, 0.1) is 10.6 Å². The quantitative estimate of drug-likeness (QED) is 0.130. The lowest BCUT2D eigenvalue weighted by atomic mass is 9.96. The molecular weight excluding hydrogens is 634 g/mol. The van der Waals surface area contributed by atoms with Crippen LogP contribution in [0.15, 0.2) is 71.4 Å². The molecule has 0 aliphatic carbocycles. The molecule has 2 saturated heterocycles. The van der Waals surface area contributed by atoms with Crippen molar-refractivity contribution in [3.63, 3.8) is 0 Å². The predicted octanol–water partition coefficient (Wildman–Crippen LogP) is 8.51. The van der Waals surface area contributed by atoms with Crippen LogP contribution in [0.1, 0.15) is 65.8 Å². The second-order valence-electron chi connectivity index (χ2n) is 13.2. The predicted molar refractivity (Wildman–Crippen MR) is 192 cm³/mol. The normalized spacial score (nSPS) is 15.4. The summed E-state index contributed by atoms with van der Waals surface area (Å²) >= 11 is 6.86. The van der Waals surface area contributed by atoms with E-state index >= 15 is 0 Å². The van der Waals surface area contributed by atoms with E-state index in [-0.39, 0.29) is 6.61 Å². The van der Waals surface area contributed by atoms with Crippen LogP contribution in [0.3, 0.4) is 0 Å². The lowest BCUT2D eigenvalue weighted by Crippen LogP contribution is -2.29. The number of likely N-dealkylation sites (tertiary alicyclic amines) is 2. The Labute approximate surface area is 293 Å². The van der Waals surface area contributed by atoms with Gasteiger partial charge in [-0.2, -0.15) is 5.26 Å². The van der Waals surface area contributed by atoms with Crippen molar-refractivity contribution in [1.29, 1.82) is 5.26 Å². The van der Waals surface area contributed by atoms with E-state index in [0.717, 1.165) is 88.7 Å². The fourth-order valence-electron chi connectivity index (χ4n) is 6.91. The average Bonchev–Trinajstić information content (AvgIpc) is 3.80. The highest BCUT2D eigenvalue weighted by molar-refractivity contribution is 6.32. The van der Waals surface area contributed by atoms with Gasteiger partial charge in [-0.25, -0.2) is 4.98 Å². The summed E-state index contributed by atoms with van der Waals surface area (Å²) in [5, 5.41) is 9.87. The van der Waals surface area contributed by atoms with Gasteiger partial charge in [0.2, 0.25) is 0 Å². The Morgan fingerprint density at radius 2 is 1.65 bits per heavy atom. The zero-order valence-corrected chi connectivity index (χ0v) is 28.8. The average molecular weight is 676 g/mol. The minimum absolute atomic E-state index is 0.285. The van der Waals surface area contributed by atoms with Gasteiger partial charge in [-0.3, -0.25) is 9.88 Å². The van der Waals surface area contributed by atoms with Crippen molar-refractivity contribution in [3.8, 4) is 28.7 Å². The summed E-state index contributed by atoms with van der Waals surface area (Å²) in [5.74, 6) is 2.09. The summed E-state index contributed by atoms with van der Waals surface area (Å²) < 4.78 is 18.8. The zero-order valence-electron chi connectivity index (χ0n) is 28.1. The van der Waals surface area contributed by atoms with E-state index < -0.39 is 0 Å². The third-order valence-corrected chi connectivity index (χ3v) is 9.98. The number of piperidine rings is 1. The number of oxazole rings is 1. The third-order valence-electron chi connectivity index (χ3n) is 9.69. The van der Waals surface area contributed by atoms with Crippen molar-refractivity contribution in [1.82, 2.24) is 19.8 Å². The molecule has 0 atom stereocenters. The van der Waals surface area contributed by atoms with Gasteiger partial charge in [0.15, 0.2) is 11.5 Å². The van der Waals surface area contributed by atoms with E-state index in [1.165, 1.54) is 45.2 Å². The van der Waals surface area contributed by atoms with Gasteiger partial charge in [-0.1, -0.05) is 42.3 Å². The Hall–Kier alpha value is -4.42. The largest absolute Gasteiger partial charge is 0.488 e. The van der Waals surface area contributed by atoms with E-state index in [9.17, 15) is 5.26 Å². The first-order valence-corrected chi connectivity index (χ1v) is 17.8. The van der Waals surface area contributed by atoms with Gasteiger partial charge >= 0.3 is 0 Å². The maximum atomic E-state index is 9.31. The maximum Gasteiger partial charge on any atom is 0.196 e. The number of benzene rings is 3. The summed E-state index contributed by atoms with van der Waals surface area (Å²) in [7, 11) is 0. The Morgan fingerprint density at radius 1 is 0.857 bits per heavy atom. The van der Waals surface area contributed by atoms with Crippen LogP contribution >= 0.6 is 11.6 Å². The van der Waals surface area contributed by atoms with E-state index in [1.807, 2.05) is 18.2 Å². The molecule has 0 amide bonds. The SMILES string of the molecule is Cc1c(COc2cc(OCc3cncc(C#N)c3)c(CN3CCCCC3)cc2Cl)cccc1-c1ccc2oc(CCN3CCCC3)nc2c1. The van der Waals surface area contributed by atoms with Crippen molar-refractivity contribution in [2.24, 2.45) is 0 Å².